The zero-order valence-electron chi connectivity index (χ0n) is 10.8. The number of hydrogen-bond donors (Lipinski definition) is 0. The monoisotopic (exact) mass is 335 g/mol. The first-order valence-corrected chi connectivity index (χ1v) is 7.24. The van der Waals surface area contributed by atoms with Crippen molar-refractivity contribution < 1.29 is 4.42 Å². The Labute approximate surface area is 112 Å². The second-order valence-electron chi connectivity index (χ2n) is 4.77. The minimum Gasteiger partial charge on any atom is -0.435 e. The van der Waals surface area contributed by atoms with Gasteiger partial charge in [-0.2, -0.15) is 0 Å². The van der Waals surface area contributed by atoms with Crippen LogP contribution in [-0.2, 0) is 5.41 Å². The molecule has 0 saturated carbocycles. The molecular weight excluding hydrogens is 313 g/mol. The summed E-state index contributed by atoms with van der Waals surface area (Å²) in [6.07, 6.45) is 6.10. The van der Waals surface area contributed by atoms with Crippen LogP contribution in [-0.4, -0.2) is 4.98 Å². The van der Waals surface area contributed by atoms with Crippen molar-refractivity contribution in [3.63, 3.8) is 0 Å². The van der Waals surface area contributed by atoms with E-state index in [0.29, 0.717) is 0 Å². The summed E-state index contributed by atoms with van der Waals surface area (Å²) in [6, 6.07) is 0. The molecule has 0 aromatic carbocycles. The second-order valence-corrected chi connectivity index (χ2v) is 5.75. The largest absolute Gasteiger partial charge is 0.435 e. The highest BCUT2D eigenvalue weighted by Gasteiger charge is 2.31. The first-order valence-electron chi connectivity index (χ1n) is 6.17. The molecule has 1 heterocycles. The normalized spacial score (nSPS) is 15.1. The van der Waals surface area contributed by atoms with Crippen LogP contribution in [0.5, 0.6) is 0 Å². The second kappa shape index (κ2) is 6.03. The molecule has 16 heavy (non-hydrogen) atoms. The maximum Gasteiger partial charge on any atom is 0.192 e. The molecule has 0 N–H and O–H groups in total. The van der Waals surface area contributed by atoms with Crippen molar-refractivity contribution in [2.75, 3.05) is 0 Å². The van der Waals surface area contributed by atoms with Crippen molar-refractivity contribution >= 4 is 22.6 Å². The maximum atomic E-state index is 5.56. The van der Waals surface area contributed by atoms with Gasteiger partial charge in [0.15, 0.2) is 9.66 Å². The van der Waals surface area contributed by atoms with E-state index >= 15 is 0 Å². The van der Waals surface area contributed by atoms with E-state index in [0.717, 1.165) is 9.66 Å². The van der Waals surface area contributed by atoms with Gasteiger partial charge in [0.05, 0.1) is 5.69 Å². The third kappa shape index (κ3) is 3.22. The molecule has 3 heteroatoms. The van der Waals surface area contributed by atoms with Crippen molar-refractivity contribution in [1.29, 1.82) is 0 Å². The predicted molar refractivity (Wildman–Crippen MR) is 75.7 cm³/mol. The van der Waals surface area contributed by atoms with Crippen LogP contribution >= 0.6 is 22.6 Å². The van der Waals surface area contributed by atoms with E-state index in [4.69, 9.17) is 4.42 Å². The lowest BCUT2D eigenvalue weighted by Gasteiger charge is -2.27. The van der Waals surface area contributed by atoms with Gasteiger partial charge in [0.25, 0.3) is 0 Å². The summed E-state index contributed by atoms with van der Waals surface area (Å²) in [4.78, 5) is 4.58. The van der Waals surface area contributed by atoms with Crippen molar-refractivity contribution in [3.05, 3.63) is 15.4 Å². The first kappa shape index (κ1) is 14.0. The van der Waals surface area contributed by atoms with Crippen LogP contribution in [0.3, 0.4) is 0 Å². The van der Waals surface area contributed by atoms with Gasteiger partial charge in [-0.15, -0.1) is 0 Å². The van der Waals surface area contributed by atoms with E-state index in [1.807, 2.05) is 6.92 Å². The lowest BCUT2D eigenvalue weighted by Crippen LogP contribution is -2.23. The molecule has 92 valence electrons. The number of halogens is 1. The molecule has 0 aliphatic rings. The van der Waals surface area contributed by atoms with E-state index in [-0.39, 0.29) is 5.41 Å². The Kier molecular flexibility index (Phi) is 5.28. The molecule has 1 unspecified atom stereocenters. The third-order valence-electron chi connectivity index (χ3n) is 3.15. The number of hydrogen-bond acceptors (Lipinski definition) is 2. The molecule has 0 bridgehead atoms. The fourth-order valence-corrected chi connectivity index (χ4v) is 3.35. The molecule has 1 aromatic heterocycles. The van der Waals surface area contributed by atoms with Crippen LogP contribution in [0.2, 0.25) is 0 Å². The van der Waals surface area contributed by atoms with Gasteiger partial charge >= 0.3 is 0 Å². The van der Waals surface area contributed by atoms with Gasteiger partial charge in [0.2, 0.25) is 0 Å². The molecule has 1 aromatic rings. The van der Waals surface area contributed by atoms with Gasteiger partial charge < -0.3 is 4.42 Å². The molecule has 1 atom stereocenters. The molecular formula is C13H22INO. The number of aryl methyl sites for hydroxylation is 1. The van der Waals surface area contributed by atoms with Crippen LogP contribution < -0.4 is 0 Å². The average molecular weight is 335 g/mol. The molecule has 0 spiro atoms. The highest BCUT2D eigenvalue weighted by atomic mass is 127. The Bertz CT molecular complexity index is 335. The molecule has 2 nitrogen and oxygen atoms in total. The molecule has 0 saturated heterocycles. The van der Waals surface area contributed by atoms with Gasteiger partial charge in [-0.3, -0.25) is 0 Å². The van der Waals surface area contributed by atoms with E-state index in [1.165, 1.54) is 37.8 Å². The van der Waals surface area contributed by atoms with Crippen molar-refractivity contribution in [2.24, 2.45) is 0 Å². The highest BCUT2D eigenvalue weighted by Crippen LogP contribution is 2.36. The van der Waals surface area contributed by atoms with Crippen molar-refractivity contribution in [2.45, 2.75) is 65.2 Å². The Morgan fingerprint density at radius 3 is 2.38 bits per heavy atom. The smallest absolute Gasteiger partial charge is 0.192 e. The van der Waals surface area contributed by atoms with Crippen LogP contribution in [0.4, 0.5) is 0 Å². The first-order chi connectivity index (χ1) is 7.53. The standard InChI is InChI=1S/C13H22INO/c1-5-7-9-13(4,8-6-2)11-12(14)16-10(3)15-11/h5-9H2,1-4H3. The number of unbranched alkanes of at least 4 members (excludes halogenated alkanes) is 1. The Morgan fingerprint density at radius 1 is 1.25 bits per heavy atom. The SMILES string of the molecule is CCCCC(C)(CCC)c1nc(C)oc1I. The zero-order chi connectivity index (χ0) is 12.2. The summed E-state index contributed by atoms with van der Waals surface area (Å²) in [7, 11) is 0. The van der Waals surface area contributed by atoms with E-state index in [1.54, 1.807) is 0 Å². The Morgan fingerprint density at radius 2 is 1.94 bits per heavy atom. The summed E-state index contributed by atoms with van der Waals surface area (Å²) in [5.74, 6) is 0.790. The maximum absolute atomic E-state index is 5.56. The minimum absolute atomic E-state index is 0.193. The van der Waals surface area contributed by atoms with Gasteiger partial charge in [-0.1, -0.05) is 40.0 Å². The van der Waals surface area contributed by atoms with Crippen LogP contribution in [0.25, 0.3) is 0 Å². The van der Waals surface area contributed by atoms with Crippen molar-refractivity contribution in [1.82, 2.24) is 4.98 Å². The minimum atomic E-state index is 0.193. The van der Waals surface area contributed by atoms with Gasteiger partial charge in [0, 0.05) is 34.9 Å². The van der Waals surface area contributed by atoms with Gasteiger partial charge in [-0.05, 0) is 12.8 Å². The van der Waals surface area contributed by atoms with Crippen molar-refractivity contribution in [3.8, 4) is 0 Å². The van der Waals surface area contributed by atoms with Gasteiger partial charge in [-0.25, -0.2) is 4.98 Å². The number of aromatic nitrogens is 1. The molecule has 0 radical (unpaired) electrons. The van der Waals surface area contributed by atoms with E-state index < -0.39 is 0 Å². The Balaban J connectivity index is 2.95. The van der Waals surface area contributed by atoms with E-state index in [9.17, 15) is 0 Å². The quantitative estimate of drug-likeness (QED) is 0.696. The lowest BCUT2D eigenvalue weighted by atomic mass is 9.78. The summed E-state index contributed by atoms with van der Waals surface area (Å²) in [5.41, 5.74) is 1.36. The summed E-state index contributed by atoms with van der Waals surface area (Å²) in [5, 5.41) is 0. The topological polar surface area (TPSA) is 26.0 Å². The Hall–Kier alpha value is -0.0600. The predicted octanol–water partition coefficient (Wildman–Crippen LogP) is 4.84. The molecule has 0 amide bonds. The van der Waals surface area contributed by atoms with Gasteiger partial charge in [0.1, 0.15) is 0 Å². The number of oxazole rings is 1. The lowest BCUT2D eigenvalue weighted by molar-refractivity contribution is 0.367. The summed E-state index contributed by atoms with van der Waals surface area (Å²) >= 11 is 2.27. The molecule has 1 rings (SSSR count). The molecule has 0 aliphatic heterocycles. The zero-order valence-corrected chi connectivity index (χ0v) is 12.9. The fourth-order valence-electron chi connectivity index (χ4n) is 2.25. The van der Waals surface area contributed by atoms with Crippen LogP contribution in [0, 0.1) is 10.7 Å². The third-order valence-corrected chi connectivity index (χ3v) is 3.88. The van der Waals surface area contributed by atoms with Crippen LogP contribution in [0.1, 0.15) is 64.5 Å². The fraction of sp³-hybridized carbons (Fsp3) is 0.769. The highest BCUT2D eigenvalue weighted by molar-refractivity contribution is 14.1. The summed E-state index contributed by atoms with van der Waals surface area (Å²) in [6.45, 7) is 8.73. The molecule has 0 fully saturated rings. The van der Waals surface area contributed by atoms with E-state index in [2.05, 4.69) is 48.3 Å². The summed E-state index contributed by atoms with van der Waals surface area (Å²) < 4.78 is 6.54. The average Bonchev–Trinajstić information content (AvgIpc) is 2.56. The van der Waals surface area contributed by atoms with Crippen LogP contribution in [0.15, 0.2) is 4.42 Å². The number of rotatable bonds is 6. The molecule has 0 aliphatic carbocycles. The number of nitrogens with zero attached hydrogens (tertiary/aromatic N) is 1.